The first kappa shape index (κ1) is 8.10. The van der Waals surface area contributed by atoms with Gasteiger partial charge in [0.25, 0.3) is 0 Å². The standard InChI is InChI=1S/C10H5F3/c11-8-2-1-6-4-9(12)10(13)5-7(6)3-8/h1-5H. The largest absolute Gasteiger partial charge is 0.207 e. The van der Waals surface area contributed by atoms with E-state index >= 15 is 0 Å². The van der Waals surface area contributed by atoms with Gasteiger partial charge in [0.2, 0.25) is 0 Å². The van der Waals surface area contributed by atoms with Gasteiger partial charge in [-0.25, -0.2) is 13.2 Å². The molecule has 0 nitrogen and oxygen atoms in total. The molecule has 0 aliphatic carbocycles. The lowest BCUT2D eigenvalue weighted by Crippen LogP contribution is -1.84. The number of benzene rings is 2. The molecule has 0 amide bonds. The summed E-state index contributed by atoms with van der Waals surface area (Å²) in [5.74, 6) is -2.34. The highest BCUT2D eigenvalue weighted by Gasteiger charge is 2.03. The average molecular weight is 182 g/mol. The Balaban J connectivity index is 2.81. The van der Waals surface area contributed by atoms with Crippen LogP contribution in [-0.4, -0.2) is 0 Å². The summed E-state index contributed by atoms with van der Waals surface area (Å²) in [6, 6.07) is 5.81. The van der Waals surface area contributed by atoms with E-state index < -0.39 is 17.5 Å². The molecule has 0 aliphatic heterocycles. The van der Waals surface area contributed by atoms with Gasteiger partial charge in [-0.2, -0.15) is 0 Å². The predicted molar refractivity (Wildman–Crippen MR) is 43.8 cm³/mol. The molecule has 2 aromatic rings. The summed E-state index contributed by atoms with van der Waals surface area (Å²) < 4.78 is 38.0. The summed E-state index contributed by atoms with van der Waals surface area (Å²) in [4.78, 5) is 0. The fourth-order valence-electron chi connectivity index (χ4n) is 1.21. The Bertz CT molecular complexity index is 463. The first-order chi connectivity index (χ1) is 6.16. The van der Waals surface area contributed by atoms with Crippen LogP contribution >= 0.6 is 0 Å². The van der Waals surface area contributed by atoms with Crippen molar-refractivity contribution in [2.75, 3.05) is 0 Å². The minimum Gasteiger partial charge on any atom is -0.207 e. The molecule has 0 aromatic heterocycles. The molecule has 0 fully saturated rings. The van der Waals surface area contributed by atoms with Gasteiger partial charge >= 0.3 is 0 Å². The van der Waals surface area contributed by atoms with E-state index in [9.17, 15) is 13.2 Å². The fourth-order valence-corrected chi connectivity index (χ4v) is 1.21. The van der Waals surface area contributed by atoms with Crippen molar-refractivity contribution in [3.63, 3.8) is 0 Å². The topological polar surface area (TPSA) is 0 Å². The van der Waals surface area contributed by atoms with Crippen molar-refractivity contribution in [1.29, 1.82) is 0 Å². The first-order valence-corrected chi connectivity index (χ1v) is 3.71. The Labute approximate surface area is 72.6 Å². The van der Waals surface area contributed by atoms with Crippen molar-refractivity contribution in [3.05, 3.63) is 47.8 Å². The van der Waals surface area contributed by atoms with Crippen LogP contribution in [0.1, 0.15) is 0 Å². The molecule has 0 unspecified atom stereocenters. The number of hydrogen-bond donors (Lipinski definition) is 0. The maximum atomic E-state index is 12.7. The third-order valence-corrected chi connectivity index (χ3v) is 1.84. The van der Waals surface area contributed by atoms with Gasteiger partial charge in [-0.3, -0.25) is 0 Å². The predicted octanol–water partition coefficient (Wildman–Crippen LogP) is 3.26. The van der Waals surface area contributed by atoms with Crippen LogP contribution in [0.25, 0.3) is 10.8 Å². The Morgan fingerprint density at radius 2 is 1.31 bits per heavy atom. The summed E-state index contributed by atoms with van der Waals surface area (Å²) in [6.07, 6.45) is 0. The Kier molecular flexibility index (Phi) is 1.72. The van der Waals surface area contributed by atoms with Gasteiger partial charge in [0.05, 0.1) is 0 Å². The van der Waals surface area contributed by atoms with Crippen LogP contribution in [0.3, 0.4) is 0 Å². The second-order valence-corrected chi connectivity index (χ2v) is 2.76. The van der Waals surface area contributed by atoms with Crippen molar-refractivity contribution >= 4 is 10.8 Å². The first-order valence-electron chi connectivity index (χ1n) is 3.71. The molecule has 0 saturated carbocycles. The fraction of sp³-hybridized carbons (Fsp3) is 0. The van der Waals surface area contributed by atoms with E-state index in [0.29, 0.717) is 10.8 Å². The van der Waals surface area contributed by atoms with E-state index in [2.05, 4.69) is 0 Å². The van der Waals surface area contributed by atoms with Crippen LogP contribution in [0.5, 0.6) is 0 Å². The summed E-state index contributed by atoms with van der Waals surface area (Å²) in [5, 5.41) is 0.846. The van der Waals surface area contributed by atoms with Gasteiger partial charge in [-0.05, 0) is 35.0 Å². The quantitative estimate of drug-likeness (QED) is 0.586. The molecule has 0 N–H and O–H groups in total. The maximum Gasteiger partial charge on any atom is 0.159 e. The minimum atomic E-state index is -0.960. The molecule has 0 spiro atoms. The molecule has 3 heteroatoms. The number of fused-ring (bicyclic) bond motifs is 1. The van der Waals surface area contributed by atoms with Crippen molar-refractivity contribution in [1.82, 2.24) is 0 Å². The zero-order chi connectivity index (χ0) is 9.42. The van der Waals surface area contributed by atoms with Crippen LogP contribution in [0, 0.1) is 17.5 Å². The van der Waals surface area contributed by atoms with E-state index in [0.717, 1.165) is 18.2 Å². The Hall–Kier alpha value is -1.51. The maximum absolute atomic E-state index is 12.7. The summed E-state index contributed by atoms with van der Waals surface area (Å²) in [5.41, 5.74) is 0. The van der Waals surface area contributed by atoms with Crippen LogP contribution in [-0.2, 0) is 0 Å². The van der Waals surface area contributed by atoms with E-state index in [1.54, 1.807) is 0 Å². The van der Waals surface area contributed by atoms with Crippen LogP contribution in [0.15, 0.2) is 30.3 Å². The number of rotatable bonds is 0. The van der Waals surface area contributed by atoms with Crippen molar-refractivity contribution in [2.45, 2.75) is 0 Å². The molecule has 0 atom stereocenters. The monoisotopic (exact) mass is 182 g/mol. The summed E-state index contributed by atoms with van der Waals surface area (Å²) in [6.45, 7) is 0. The lowest BCUT2D eigenvalue weighted by Gasteiger charge is -1.98. The molecule has 2 aromatic carbocycles. The van der Waals surface area contributed by atoms with Crippen molar-refractivity contribution in [3.8, 4) is 0 Å². The molecule has 0 radical (unpaired) electrons. The highest BCUT2D eigenvalue weighted by molar-refractivity contribution is 5.82. The van der Waals surface area contributed by atoms with Gasteiger partial charge in [-0.1, -0.05) is 6.07 Å². The molecule has 0 bridgehead atoms. The minimum absolute atomic E-state index is 0.360. The second kappa shape index (κ2) is 2.76. The van der Waals surface area contributed by atoms with Crippen LogP contribution in [0.2, 0.25) is 0 Å². The third kappa shape index (κ3) is 1.37. The van der Waals surface area contributed by atoms with Crippen molar-refractivity contribution in [2.24, 2.45) is 0 Å². The molecule has 0 saturated heterocycles. The van der Waals surface area contributed by atoms with Gasteiger partial charge in [-0.15, -0.1) is 0 Å². The van der Waals surface area contributed by atoms with Crippen LogP contribution < -0.4 is 0 Å². The summed E-state index contributed by atoms with van der Waals surface area (Å²) in [7, 11) is 0. The van der Waals surface area contributed by atoms with Gasteiger partial charge in [0.1, 0.15) is 5.82 Å². The van der Waals surface area contributed by atoms with Gasteiger partial charge in [0.15, 0.2) is 11.6 Å². The summed E-state index contributed by atoms with van der Waals surface area (Å²) >= 11 is 0. The lowest BCUT2D eigenvalue weighted by molar-refractivity contribution is 0.511. The van der Waals surface area contributed by atoms with Crippen molar-refractivity contribution < 1.29 is 13.2 Å². The Morgan fingerprint density at radius 3 is 2.00 bits per heavy atom. The molecule has 0 heterocycles. The molecule has 66 valence electrons. The number of halogens is 3. The molecule has 13 heavy (non-hydrogen) atoms. The van der Waals surface area contributed by atoms with E-state index in [1.165, 1.54) is 12.1 Å². The van der Waals surface area contributed by atoms with Gasteiger partial charge in [0, 0.05) is 0 Å². The van der Waals surface area contributed by atoms with E-state index in [1.807, 2.05) is 0 Å². The van der Waals surface area contributed by atoms with Crippen LogP contribution in [0.4, 0.5) is 13.2 Å². The SMILES string of the molecule is Fc1ccc2cc(F)c(F)cc2c1. The zero-order valence-corrected chi connectivity index (χ0v) is 6.52. The normalized spacial score (nSPS) is 10.7. The highest BCUT2D eigenvalue weighted by atomic mass is 19.2. The molecular weight excluding hydrogens is 177 g/mol. The zero-order valence-electron chi connectivity index (χ0n) is 6.52. The second-order valence-electron chi connectivity index (χ2n) is 2.76. The third-order valence-electron chi connectivity index (χ3n) is 1.84. The van der Waals surface area contributed by atoms with Gasteiger partial charge < -0.3 is 0 Å². The molecular formula is C10H5F3. The smallest absolute Gasteiger partial charge is 0.159 e. The molecule has 0 aliphatic rings. The Morgan fingerprint density at radius 1 is 0.692 bits per heavy atom. The molecule has 2 rings (SSSR count). The van der Waals surface area contributed by atoms with E-state index in [-0.39, 0.29) is 0 Å². The lowest BCUT2D eigenvalue weighted by atomic mass is 10.1. The highest BCUT2D eigenvalue weighted by Crippen LogP contribution is 2.19. The number of hydrogen-bond acceptors (Lipinski definition) is 0. The average Bonchev–Trinajstić information content (AvgIpc) is 2.08. The van der Waals surface area contributed by atoms with E-state index in [4.69, 9.17) is 0 Å².